The van der Waals surface area contributed by atoms with Crippen molar-refractivity contribution in [2.45, 2.75) is 37.8 Å². The van der Waals surface area contributed by atoms with E-state index in [0.29, 0.717) is 17.8 Å². The van der Waals surface area contributed by atoms with Gasteiger partial charge in [0.2, 0.25) is 0 Å². The van der Waals surface area contributed by atoms with E-state index in [2.05, 4.69) is 45.0 Å². The van der Waals surface area contributed by atoms with Crippen molar-refractivity contribution in [2.75, 3.05) is 7.11 Å². The van der Waals surface area contributed by atoms with Crippen LogP contribution >= 0.6 is 0 Å². The first-order valence-corrected chi connectivity index (χ1v) is 6.90. The number of H-pyrrole nitrogens is 1. The standard InChI is InChI=1S/C14H19N5O/c1-9(14-16-18-19-17-14)15-11-7-10(8-11)12-5-3-4-6-13(12)20-2/h3-6,9-11,15H,7-8H2,1-2H3,(H,16,17,18,19). The summed E-state index contributed by atoms with van der Waals surface area (Å²) in [7, 11) is 1.73. The Labute approximate surface area is 117 Å². The number of nitrogens with one attached hydrogen (secondary N) is 2. The first kappa shape index (κ1) is 13.1. The second-order valence-electron chi connectivity index (χ2n) is 5.27. The van der Waals surface area contributed by atoms with E-state index in [1.54, 1.807) is 7.11 Å². The van der Waals surface area contributed by atoms with Gasteiger partial charge in [-0.05, 0) is 37.3 Å². The van der Waals surface area contributed by atoms with Gasteiger partial charge in [-0.25, -0.2) is 0 Å². The Hall–Kier alpha value is -1.95. The SMILES string of the molecule is COc1ccccc1C1CC(NC(C)c2nn[nH]n2)C1. The second kappa shape index (κ2) is 5.58. The fraction of sp³-hybridized carbons (Fsp3) is 0.500. The number of hydrogen-bond acceptors (Lipinski definition) is 5. The van der Waals surface area contributed by atoms with Crippen LogP contribution in [-0.2, 0) is 0 Å². The van der Waals surface area contributed by atoms with Gasteiger partial charge in [-0.1, -0.05) is 23.4 Å². The Morgan fingerprint density at radius 3 is 2.85 bits per heavy atom. The van der Waals surface area contributed by atoms with E-state index in [1.165, 1.54) is 5.56 Å². The maximum Gasteiger partial charge on any atom is 0.191 e. The van der Waals surface area contributed by atoms with Crippen molar-refractivity contribution in [3.63, 3.8) is 0 Å². The van der Waals surface area contributed by atoms with Crippen LogP contribution in [0.4, 0.5) is 0 Å². The third kappa shape index (κ3) is 2.51. The van der Waals surface area contributed by atoms with Crippen molar-refractivity contribution in [2.24, 2.45) is 0 Å². The number of methoxy groups -OCH3 is 1. The molecule has 20 heavy (non-hydrogen) atoms. The van der Waals surface area contributed by atoms with Crippen LogP contribution in [0.3, 0.4) is 0 Å². The Bertz CT molecular complexity index is 550. The maximum atomic E-state index is 5.42. The minimum Gasteiger partial charge on any atom is -0.496 e. The topological polar surface area (TPSA) is 75.7 Å². The molecule has 0 aliphatic heterocycles. The Balaban J connectivity index is 1.56. The van der Waals surface area contributed by atoms with E-state index < -0.39 is 0 Å². The molecule has 1 atom stereocenters. The molecule has 1 aromatic heterocycles. The summed E-state index contributed by atoms with van der Waals surface area (Å²) in [4.78, 5) is 0. The van der Waals surface area contributed by atoms with Crippen LogP contribution < -0.4 is 10.1 Å². The first-order valence-electron chi connectivity index (χ1n) is 6.90. The fourth-order valence-corrected chi connectivity index (χ4v) is 2.79. The molecular weight excluding hydrogens is 254 g/mol. The van der Waals surface area contributed by atoms with Gasteiger partial charge in [-0.2, -0.15) is 5.21 Å². The molecule has 106 valence electrons. The highest BCUT2D eigenvalue weighted by Crippen LogP contribution is 2.41. The maximum absolute atomic E-state index is 5.42. The quantitative estimate of drug-likeness (QED) is 0.869. The van der Waals surface area contributed by atoms with Crippen molar-refractivity contribution < 1.29 is 4.74 Å². The number of tetrazole rings is 1. The molecule has 3 rings (SSSR count). The summed E-state index contributed by atoms with van der Waals surface area (Å²) < 4.78 is 5.42. The molecule has 1 unspecified atom stereocenters. The van der Waals surface area contributed by atoms with Gasteiger partial charge in [0.25, 0.3) is 0 Å². The van der Waals surface area contributed by atoms with Crippen LogP contribution in [-0.4, -0.2) is 33.8 Å². The zero-order valence-electron chi connectivity index (χ0n) is 11.7. The fourth-order valence-electron chi connectivity index (χ4n) is 2.79. The Morgan fingerprint density at radius 2 is 2.15 bits per heavy atom. The van der Waals surface area contributed by atoms with Gasteiger partial charge in [0.15, 0.2) is 5.82 Å². The van der Waals surface area contributed by atoms with E-state index in [-0.39, 0.29) is 6.04 Å². The lowest BCUT2D eigenvalue weighted by atomic mass is 9.75. The number of aromatic amines is 1. The molecule has 0 amide bonds. The van der Waals surface area contributed by atoms with Gasteiger partial charge < -0.3 is 10.1 Å². The van der Waals surface area contributed by atoms with E-state index in [9.17, 15) is 0 Å². The number of ether oxygens (including phenoxy) is 1. The van der Waals surface area contributed by atoms with Gasteiger partial charge >= 0.3 is 0 Å². The molecule has 2 N–H and O–H groups in total. The van der Waals surface area contributed by atoms with Crippen LogP contribution in [0.1, 0.15) is 43.1 Å². The van der Waals surface area contributed by atoms with Crippen molar-refractivity contribution in [3.05, 3.63) is 35.7 Å². The number of para-hydroxylation sites is 1. The summed E-state index contributed by atoms with van der Waals surface area (Å²) in [6.07, 6.45) is 2.23. The van der Waals surface area contributed by atoms with Crippen molar-refractivity contribution in [1.82, 2.24) is 25.9 Å². The average Bonchev–Trinajstić information content (AvgIpc) is 2.96. The molecule has 2 aromatic rings. The van der Waals surface area contributed by atoms with Crippen LogP contribution in [0.15, 0.2) is 24.3 Å². The van der Waals surface area contributed by atoms with Crippen LogP contribution in [0, 0.1) is 0 Å². The van der Waals surface area contributed by atoms with E-state index >= 15 is 0 Å². The van der Waals surface area contributed by atoms with Gasteiger partial charge in [-0.3, -0.25) is 0 Å². The zero-order chi connectivity index (χ0) is 13.9. The summed E-state index contributed by atoms with van der Waals surface area (Å²) in [6.45, 7) is 2.06. The lowest BCUT2D eigenvalue weighted by Gasteiger charge is -2.38. The molecule has 6 nitrogen and oxygen atoms in total. The van der Waals surface area contributed by atoms with Crippen LogP contribution in [0.2, 0.25) is 0 Å². The highest BCUT2D eigenvalue weighted by Gasteiger charge is 2.33. The summed E-state index contributed by atoms with van der Waals surface area (Å²) in [5.41, 5.74) is 1.31. The third-order valence-electron chi connectivity index (χ3n) is 3.95. The monoisotopic (exact) mass is 273 g/mol. The number of nitrogens with zero attached hydrogens (tertiary/aromatic N) is 3. The van der Waals surface area contributed by atoms with E-state index in [1.807, 2.05) is 12.1 Å². The molecule has 1 fully saturated rings. The van der Waals surface area contributed by atoms with Gasteiger partial charge in [-0.15, -0.1) is 10.2 Å². The normalized spacial score (nSPS) is 23.1. The molecule has 1 aliphatic carbocycles. The summed E-state index contributed by atoms with van der Waals surface area (Å²) in [5.74, 6) is 2.27. The van der Waals surface area contributed by atoms with E-state index in [0.717, 1.165) is 18.6 Å². The summed E-state index contributed by atoms with van der Waals surface area (Å²) in [6, 6.07) is 8.88. The number of rotatable bonds is 5. The first-order chi connectivity index (χ1) is 9.78. The minimum absolute atomic E-state index is 0.123. The van der Waals surface area contributed by atoms with Crippen molar-refractivity contribution in [3.8, 4) is 5.75 Å². The number of hydrogen-bond donors (Lipinski definition) is 2. The molecule has 0 radical (unpaired) electrons. The van der Waals surface area contributed by atoms with Gasteiger partial charge in [0.05, 0.1) is 13.2 Å². The molecule has 0 saturated heterocycles. The number of benzene rings is 1. The lowest BCUT2D eigenvalue weighted by Crippen LogP contribution is -2.41. The highest BCUT2D eigenvalue weighted by molar-refractivity contribution is 5.37. The molecule has 1 aliphatic rings. The largest absolute Gasteiger partial charge is 0.496 e. The predicted molar refractivity (Wildman–Crippen MR) is 74.5 cm³/mol. The zero-order valence-corrected chi connectivity index (χ0v) is 11.7. The molecule has 1 saturated carbocycles. The smallest absolute Gasteiger partial charge is 0.191 e. The third-order valence-corrected chi connectivity index (χ3v) is 3.95. The Kier molecular flexibility index (Phi) is 3.64. The van der Waals surface area contributed by atoms with Crippen molar-refractivity contribution >= 4 is 0 Å². The molecule has 6 heteroatoms. The molecule has 1 heterocycles. The van der Waals surface area contributed by atoms with Gasteiger partial charge in [0, 0.05) is 6.04 Å². The number of aromatic nitrogens is 4. The summed E-state index contributed by atoms with van der Waals surface area (Å²) >= 11 is 0. The molecule has 0 bridgehead atoms. The van der Waals surface area contributed by atoms with Crippen molar-refractivity contribution in [1.29, 1.82) is 0 Å². The predicted octanol–water partition coefficient (Wildman–Crippen LogP) is 1.81. The van der Waals surface area contributed by atoms with Gasteiger partial charge in [0.1, 0.15) is 5.75 Å². The second-order valence-corrected chi connectivity index (χ2v) is 5.27. The highest BCUT2D eigenvalue weighted by atomic mass is 16.5. The molecule has 0 spiro atoms. The minimum atomic E-state index is 0.123. The Morgan fingerprint density at radius 1 is 1.35 bits per heavy atom. The van der Waals surface area contributed by atoms with E-state index in [4.69, 9.17) is 4.74 Å². The molecule has 1 aromatic carbocycles. The van der Waals surface area contributed by atoms with Crippen LogP contribution in [0.5, 0.6) is 5.75 Å². The molecular formula is C14H19N5O. The lowest BCUT2D eigenvalue weighted by molar-refractivity contribution is 0.262. The average molecular weight is 273 g/mol. The van der Waals surface area contributed by atoms with Crippen LogP contribution in [0.25, 0.3) is 0 Å². The summed E-state index contributed by atoms with van der Waals surface area (Å²) in [5, 5.41) is 17.6.